The Balaban J connectivity index is 2.31. The third kappa shape index (κ3) is 3.61. The van der Waals surface area contributed by atoms with Crippen LogP contribution in [0.5, 0.6) is 5.88 Å². The molecule has 0 unspecified atom stereocenters. The fourth-order valence-corrected chi connectivity index (χ4v) is 2.69. The van der Waals surface area contributed by atoms with Gasteiger partial charge in [0.25, 0.3) is 5.56 Å². The third-order valence-electron chi connectivity index (χ3n) is 4.33. The lowest BCUT2D eigenvalue weighted by Gasteiger charge is -2.20. The molecule has 2 rings (SSSR count). The summed E-state index contributed by atoms with van der Waals surface area (Å²) in [5.41, 5.74) is -0.0683. The molecule has 0 aliphatic heterocycles. The Morgan fingerprint density at radius 2 is 1.65 bits per heavy atom. The summed E-state index contributed by atoms with van der Waals surface area (Å²) in [7, 11) is 2.56. The van der Waals surface area contributed by atoms with Crippen molar-refractivity contribution in [2.75, 3.05) is 18.0 Å². The first-order valence-corrected chi connectivity index (χ1v) is 8.38. The van der Waals surface area contributed by atoms with Crippen molar-refractivity contribution >= 4 is 17.5 Å². The van der Waals surface area contributed by atoms with Gasteiger partial charge >= 0.3 is 5.69 Å². The summed E-state index contributed by atoms with van der Waals surface area (Å²) in [6.07, 6.45) is 2.78. The van der Waals surface area contributed by atoms with Crippen molar-refractivity contribution in [3.8, 4) is 5.88 Å². The zero-order valence-corrected chi connectivity index (χ0v) is 15.4. The fraction of sp³-hybridized carbons (Fsp3) is 0.316. The van der Waals surface area contributed by atoms with E-state index in [0.29, 0.717) is 0 Å². The number of aromatic nitrogens is 2. The van der Waals surface area contributed by atoms with Crippen molar-refractivity contribution in [3.63, 3.8) is 0 Å². The summed E-state index contributed by atoms with van der Waals surface area (Å²) in [5, 5.41) is 9.99. The molecule has 138 valence electrons. The number of anilines is 1. The lowest BCUT2D eigenvalue weighted by molar-refractivity contribution is 0.104. The maximum Gasteiger partial charge on any atom is 0.333 e. The summed E-state index contributed by atoms with van der Waals surface area (Å²) in [4.78, 5) is 38.4. The molecule has 2 aromatic rings. The molecule has 0 saturated heterocycles. The number of carbonyl (C=O) groups is 1. The molecule has 26 heavy (non-hydrogen) atoms. The van der Waals surface area contributed by atoms with Crippen LogP contribution in [-0.2, 0) is 14.1 Å². The van der Waals surface area contributed by atoms with Crippen molar-refractivity contribution in [3.05, 3.63) is 62.3 Å². The Kier molecular flexibility index (Phi) is 5.82. The van der Waals surface area contributed by atoms with Gasteiger partial charge in [-0.1, -0.05) is 18.2 Å². The fourth-order valence-electron chi connectivity index (χ4n) is 2.69. The summed E-state index contributed by atoms with van der Waals surface area (Å²) in [6, 6.07) is 7.66. The molecule has 0 bridgehead atoms. The minimum absolute atomic E-state index is 0.425. The van der Waals surface area contributed by atoms with Gasteiger partial charge in [0.1, 0.15) is 5.56 Å². The molecular formula is C19H23N3O4. The van der Waals surface area contributed by atoms with E-state index < -0.39 is 28.5 Å². The molecule has 0 aliphatic carbocycles. The Bertz CT molecular complexity index is 948. The molecular weight excluding hydrogens is 334 g/mol. The molecule has 0 saturated carbocycles. The number of allylic oxidation sites excluding steroid dienone is 1. The predicted octanol–water partition coefficient (Wildman–Crippen LogP) is 1.53. The van der Waals surface area contributed by atoms with Crippen molar-refractivity contribution in [1.29, 1.82) is 0 Å². The molecule has 0 amide bonds. The average Bonchev–Trinajstić information content (AvgIpc) is 2.65. The van der Waals surface area contributed by atoms with Crippen molar-refractivity contribution in [2.24, 2.45) is 14.1 Å². The summed E-state index contributed by atoms with van der Waals surface area (Å²) in [6.45, 7) is 5.96. The Morgan fingerprint density at radius 1 is 1.08 bits per heavy atom. The molecule has 1 aromatic carbocycles. The number of rotatable bonds is 6. The molecule has 1 aromatic heterocycles. The van der Waals surface area contributed by atoms with Crippen LogP contribution in [0.25, 0.3) is 6.08 Å². The van der Waals surface area contributed by atoms with Crippen molar-refractivity contribution < 1.29 is 9.90 Å². The molecule has 0 atom stereocenters. The number of hydrogen-bond acceptors (Lipinski definition) is 5. The number of hydrogen-bond donors (Lipinski definition) is 1. The zero-order valence-electron chi connectivity index (χ0n) is 15.4. The van der Waals surface area contributed by atoms with Crippen LogP contribution in [0.4, 0.5) is 5.69 Å². The Hall–Kier alpha value is -3.09. The SMILES string of the molecule is CCN(CC)c1ccc(/C=C/C(=O)c2c(O)n(C)c(=O)n(C)c2=O)cc1. The zero-order chi connectivity index (χ0) is 19.4. The number of carbonyl (C=O) groups excluding carboxylic acids is 1. The third-order valence-corrected chi connectivity index (χ3v) is 4.33. The Morgan fingerprint density at radius 3 is 2.19 bits per heavy atom. The molecule has 0 aliphatic rings. The topological polar surface area (TPSA) is 84.5 Å². The van der Waals surface area contributed by atoms with Crippen LogP contribution in [0.15, 0.2) is 39.9 Å². The van der Waals surface area contributed by atoms with E-state index in [9.17, 15) is 19.5 Å². The van der Waals surface area contributed by atoms with Crippen LogP contribution in [0.2, 0.25) is 0 Å². The van der Waals surface area contributed by atoms with Gasteiger partial charge in [-0.25, -0.2) is 4.79 Å². The van der Waals surface area contributed by atoms with Gasteiger partial charge in [0.2, 0.25) is 5.88 Å². The van der Waals surface area contributed by atoms with E-state index in [0.717, 1.165) is 33.5 Å². The normalized spacial score (nSPS) is 11.1. The van der Waals surface area contributed by atoms with Crippen LogP contribution in [-0.4, -0.2) is 33.1 Å². The summed E-state index contributed by atoms with van der Waals surface area (Å²) in [5.74, 6) is -1.30. The molecule has 7 heteroatoms. The molecule has 0 radical (unpaired) electrons. The smallest absolute Gasteiger partial charge is 0.333 e. The molecule has 0 fully saturated rings. The van der Waals surface area contributed by atoms with E-state index in [-0.39, 0.29) is 0 Å². The summed E-state index contributed by atoms with van der Waals surface area (Å²) < 4.78 is 1.65. The van der Waals surface area contributed by atoms with Crippen molar-refractivity contribution in [2.45, 2.75) is 13.8 Å². The van der Waals surface area contributed by atoms with Gasteiger partial charge in [-0.05, 0) is 37.6 Å². The standard InChI is InChI=1S/C19H23N3O4/c1-5-22(6-2)14-10-7-13(8-11-14)9-12-15(23)16-17(24)20(3)19(26)21(4)18(16)25/h7-12,24H,5-6H2,1-4H3/b12-9+. The molecule has 1 heterocycles. The van der Waals surface area contributed by atoms with Gasteiger partial charge in [-0.3, -0.25) is 18.7 Å². The Labute approximate surface area is 151 Å². The van der Waals surface area contributed by atoms with E-state index in [1.807, 2.05) is 24.3 Å². The lowest BCUT2D eigenvalue weighted by Crippen LogP contribution is -2.39. The minimum Gasteiger partial charge on any atom is -0.494 e. The number of benzene rings is 1. The van der Waals surface area contributed by atoms with Gasteiger partial charge in [0.15, 0.2) is 5.78 Å². The first-order valence-electron chi connectivity index (χ1n) is 8.38. The molecule has 1 N–H and O–H groups in total. The second-order valence-corrected chi connectivity index (χ2v) is 5.87. The van der Waals surface area contributed by atoms with Gasteiger partial charge in [-0.15, -0.1) is 0 Å². The van der Waals surface area contributed by atoms with E-state index in [1.165, 1.54) is 20.2 Å². The summed E-state index contributed by atoms with van der Waals surface area (Å²) >= 11 is 0. The van der Waals surface area contributed by atoms with E-state index in [2.05, 4.69) is 18.7 Å². The minimum atomic E-state index is -0.822. The maximum atomic E-state index is 12.4. The second kappa shape index (κ2) is 7.86. The number of nitrogens with zero attached hydrogens (tertiary/aromatic N) is 3. The lowest BCUT2D eigenvalue weighted by atomic mass is 10.1. The predicted molar refractivity (Wildman–Crippen MR) is 102 cm³/mol. The highest BCUT2D eigenvalue weighted by atomic mass is 16.3. The van der Waals surface area contributed by atoms with Crippen LogP contribution < -0.4 is 16.1 Å². The van der Waals surface area contributed by atoms with Crippen LogP contribution in [0, 0.1) is 0 Å². The highest BCUT2D eigenvalue weighted by Crippen LogP contribution is 2.16. The first kappa shape index (κ1) is 19.2. The van der Waals surface area contributed by atoms with Gasteiger partial charge < -0.3 is 10.0 Å². The van der Waals surface area contributed by atoms with Gasteiger partial charge in [0.05, 0.1) is 0 Å². The number of ketones is 1. The molecule has 7 nitrogen and oxygen atoms in total. The van der Waals surface area contributed by atoms with Crippen LogP contribution in [0.3, 0.4) is 0 Å². The van der Waals surface area contributed by atoms with Crippen LogP contribution >= 0.6 is 0 Å². The van der Waals surface area contributed by atoms with E-state index >= 15 is 0 Å². The quantitative estimate of drug-likeness (QED) is 0.626. The maximum absolute atomic E-state index is 12.4. The molecule has 0 spiro atoms. The van der Waals surface area contributed by atoms with Gasteiger partial charge in [-0.2, -0.15) is 0 Å². The van der Waals surface area contributed by atoms with E-state index in [4.69, 9.17) is 0 Å². The van der Waals surface area contributed by atoms with Crippen LogP contribution in [0.1, 0.15) is 29.8 Å². The monoisotopic (exact) mass is 357 g/mol. The van der Waals surface area contributed by atoms with E-state index in [1.54, 1.807) is 6.08 Å². The highest BCUT2D eigenvalue weighted by molar-refractivity contribution is 6.08. The van der Waals surface area contributed by atoms with Crippen molar-refractivity contribution in [1.82, 2.24) is 9.13 Å². The second-order valence-electron chi connectivity index (χ2n) is 5.87. The first-order chi connectivity index (χ1) is 12.3. The number of aromatic hydroxyl groups is 1. The van der Waals surface area contributed by atoms with Gasteiger partial charge in [0, 0.05) is 32.9 Å². The largest absolute Gasteiger partial charge is 0.494 e. The average molecular weight is 357 g/mol. The highest BCUT2D eigenvalue weighted by Gasteiger charge is 2.19.